The van der Waals surface area contributed by atoms with E-state index in [9.17, 15) is 24.0 Å². The summed E-state index contributed by atoms with van der Waals surface area (Å²) in [5, 5.41) is 2.58. The highest BCUT2D eigenvalue weighted by Crippen LogP contribution is 2.26. The van der Waals surface area contributed by atoms with Gasteiger partial charge in [-0.05, 0) is 48.9 Å². The van der Waals surface area contributed by atoms with Crippen LogP contribution in [0.25, 0.3) is 0 Å². The standard InChI is InChI=1S/C27H22N2O6/c1-17(30)19-11-13-20(14-12-19)28-24(31)16-35-27(34)23(15-18-7-3-2-4-8-18)29-25(32)21-9-5-6-10-22(21)26(29)33/h2-14,23H,15-16H2,1H3,(H,28,31)/t23-/m0/s1. The smallest absolute Gasteiger partial charge is 0.330 e. The quantitative estimate of drug-likeness (QED) is 0.307. The minimum Gasteiger partial charge on any atom is -0.454 e. The van der Waals surface area contributed by atoms with Gasteiger partial charge in [0, 0.05) is 17.7 Å². The topological polar surface area (TPSA) is 110 Å². The van der Waals surface area contributed by atoms with Crippen LogP contribution in [0.3, 0.4) is 0 Å². The summed E-state index contributed by atoms with van der Waals surface area (Å²) in [5.74, 6) is -2.74. The Balaban J connectivity index is 1.48. The zero-order valence-corrected chi connectivity index (χ0v) is 18.9. The number of benzene rings is 3. The molecule has 1 aliphatic rings. The molecule has 1 atom stereocenters. The predicted octanol–water partition coefficient (Wildman–Crippen LogP) is 3.28. The highest BCUT2D eigenvalue weighted by molar-refractivity contribution is 6.22. The number of anilines is 1. The van der Waals surface area contributed by atoms with E-state index < -0.39 is 36.3 Å². The highest BCUT2D eigenvalue weighted by atomic mass is 16.5. The first kappa shape index (κ1) is 23.6. The number of amides is 3. The largest absolute Gasteiger partial charge is 0.454 e. The van der Waals surface area contributed by atoms with Crippen molar-refractivity contribution >= 4 is 35.2 Å². The summed E-state index contributed by atoms with van der Waals surface area (Å²) >= 11 is 0. The summed E-state index contributed by atoms with van der Waals surface area (Å²) in [7, 11) is 0. The Morgan fingerprint density at radius 2 is 1.40 bits per heavy atom. The maximum atomic E-state index is 13.1. The van der Waals surface area contributed by atoms with Crippen molar-refractivity contribution in [3.05, 3.63) is 101 Å². The molecule has 0 bridgehead atoms. The molecule has 0 spiro atoms. The number of nitrogens with one attached hydrogen (secondary N) is 1. The van der Waals surface area contributed by atoms with E-state index in [2.05, 4.69) is 5.32 Å². The van der Waals surface area contributed by atoms with Crippen LogP contribution in [0.4, 0.5) is 5.69 Å². The number of fused-ring (bicyclic) bond motifs is 1. The van der Waals surface area contributed by atoms with Crippen LogP contribution >= 0.6 is 0 Å². The summed E-state index contributed by atoms with van der Waals surface area (Å²) in [6.07, 6.45) is 0.0409. The summed E-state index contributed by atoms with van der Waals surface area (Å²) in [6, 6.07) is 20.3. The number of rotatable bonds is 8. The first-order valence-corrected chi connectivity index (χ1v) is 10.9. The highest BCUT2D eigenvalue weighted by Gasteiger charge is 2.43. The molecular weight excluding hydrogens is 448 g/mol. The Kier molecular flexibility index (Phi) is 6.82. The van der Waals surface area contributed by atoms with Crippen molar-refractivity contribution in [1.29, 1.82) is 0 Å². The van der Waals surface area contributed by atoms with Gasteiger partial charge in [-0.25, -0.2) is 4.79 Å². The fraction of sp³-hybridized carbons (Fsp3) is 0.148. The third-order valence-corrected chi connectivity index (χ3v) is 5.60. The van der Waals surface area contributed by atoms with Crippen molar-refractivity contribution in [1.82, 2.24) is 4.90 Å². The van der Waals surface area contributed by atoms with Crippen molar-refractivity contribution in [2.45, 2.75) is 19.4 Å². The lowest BCUT2D eigenvalue weighted by molar-refractivity contribution is -0.151. The molecule has 0 radical (unpaired) electrons. The van der Waals surface area contributed by atoms with Crippen LogP contribution in [-0.2, 0) is 20.7 Å². The van der Waals surface area contributed by atoms with Gasteiger partial charge < -0.3 is 10.1 Å². The molecule has 0 saturated carbocycles. The number of hydrogen-bond acceptors (Lipinski definition) is 6. The fourth-order valence-electron chi connectivity index (χ4n) is 3.83. The molecule has 8 heteroatoms. The van der Waals surface area contributed by atoms with E-state index in [1.165, 1.54) is 19.1 Å². The van der Waals surface area contributed by atoms with E-state index in [1.807, 2.05) is 6.07 Å². The molecule has 0 aliphatic carbocycles. The molecule has 35 heavy (non-hydrogen) atoms. The van der Waals surface area contributed by atoms with Crippen LogP contribution in [0.5, 0.6) is 0 Å². The second-order valence-electron chi connectivity index (χ2n) is 8.02. The maximum absolute atomic E-state index is 13.1. The van der Waals surface area contributed by atoms with Gasteiger partial charge in [0.05, 0.1) is 11.1 Å². The van der Waals surface area contributed by atoms with E-state index >= 15 is 0 Å². The number of Topliss-reactive ketones (excluding diaryl/α,β-unsaturated/α-hetero) is 1. The Morgan fingerprint density at radius 1 is 0.829 bits per heavy atom. The molecule has 8 nitrogen and oxygen atoms in total. The molecule has 1 aliphatic heterocycles. The van der Waals surface area contributed by atoms with Gasteiger partial charge in [0.15, 0.2) is 12.4 Å². The maximum Gasteiger partial charge on any atom is 0.330 e. The number of carbonyl (C=O) groups excluding carboxylic acids is 5. The van der Waals surface area contributed by atoms with Gasteiger partial charge in [-0.15, -0.1) is 0 Å². The predicted molar refractivity (Wildman–Crippen MR) is 127 cm³/mol. The van der Waals surface area contributed by atoms with Crippen LogP contribution in [0.15, 0.2) is 78.9 Å². The lowest BCUT2D eigenvalue weighted by Crippen LogP contribution is -2.47. The van der Waals surface area contributed by atoms with E-state index in [-0.39, 0.29) is 23.3 Å². The number of nitrogens with zero attached hydrogens (tertiary/aromatic N) is 1. The van der Waals surface area contributed by atoms with Crippen LogP contribution < -0.4 is 5.32 Å². The van der Waals surface area contributed by atoms with Gasteiger partial charge in [0.2, 0.25) is 0 Å². The monoisotopic (exact) mass is 470 g/mol. The van der Waals surface area contributed by atoms with E-state index in [0.717, 1.165) is 10.5 Å². The second-order valence-corrected chi connectivity index (χ2v) is 8.02. The lowest BCUT2D eigenvalue weighted by Gasteiger charge is -2.24. The summed E-state index contributed by atoms with van der Waals surface area (Å²) in [6.45, 7) is 0.828. The van der Waals surface area contributed by atoms with Gasteiger partial charge in [0.1, 0.15) is 6.04 Å². The Labute approximate surface area is 201 Å². The third kappa shape index (κ3) is 5.16. The Bertz CT molecular complexity index is 1270. The second kappa shape index (κ2) is 10.1. The molecule has 4 rings (SSSR count). The molecule has 0 aromatic heterocycles. The summed E-state index contributed by atoms with van der Waals surface area (Å²) < 4.78 is 5.23. The number of ether oxygens (including phenoxy) is 1. The van der Waals surface area contributed by atoms with Gasteiger partial charge in [-0.1, -0.05) is 42.5 Å². The number of hydrogen-bond donors (Lipinski definition) is 1. The molecule has 1 heterocycles. The molecule has 1 N–H and O–H groups in total. The van der Waals surface area contributed by atoms with E-state index in [1.54, 1.807) is 60.7 Å². The van der Waals surface area contributed by atoms with Crippen molar-refractivity contribution in [2.75, 3.05) is 11.9 Å². The minimum absolute atomic E-state index is 0.0409. The van der Waals surface area contributed by atoms with Crippen molar-refractivity contribution in [2.24, 2.45) is 0 Å². The normalized spacial score (nSPS) is 13.2. The SMILES string of the molecule is CC(=O)c1ccc(NC(=O)COC(=O)[C@H](Cc2ccccc2)N2C(=O)c3ccccc3C2=O)cc1. The summed E-state index contributed by atoms with van der Waals surface area (Å²) in [4.78, 5) is 63.7. The third-order valence-electron chi connectivity index (χ3n) is 5.60. The molecule has 3 aromatic rings. The number of ketones is 1. The molecule has 3 amide bonds. The first-order valence-electron chi connectivity index (χ1n) is 10.9. The van der Waals surface area contributed by atoms with Crippen LogP contribution in [-0.4, -0.2) is 47.0 Å². The van der Waals surface area contributed by atoms with Gasteiger partial charge in [-0.3, -0.25) is 24.1 Å². The van der Waals surface area contributed by atoms with Gasteiger partial charge in [0.25, 0.3) is 17.7 Å². The molecule has 0 fully saturated rings. The first-order chi connectivity index (χ1) is 16.8. The molecule has 176 valence electrons. The Hall–Kier alpha value is -4.59. The minimum atomic E-state index is -1.24. The van der Waals surface area contributed by atoms with E-state index in [0.29, 0.717) is 11.3 Å². The van der Waals surface area contributed by atoms with Crippen LogP contribution in [0, 0.1) is 0 Å². The lowest BCUT2D eigenvalue weighted by atomic mass is 10.0. The number of esters is 1. The Morgan fingerprint density at radius 3 is 1.97 bits per heavy atom. The molecule has 0 unspecified atom stereocenters. The van der Waals surface area contributed by atoms with Crippen molar-refractivity contribution in [3.63, 3.8) is 0 Å². The average molecular weight is 470 g/mol. The van der Waals surface area contributed by atoms with Crippen LogP contribution in [0.2, 0.25) is 0 Å². The van der Waals surface area contributed by atoms with Gasteiger partial charge in [-0.2, -0.15) is 0 Å². The van der Waals surface area contributed by atoms with Gasteiger partial charge >= 0.3 is 5.97 Å². The van der Waals surface area contributed by atoms with Crippen molar-refractivity contribution in [3.8, 4) is 0 Å². The zero-order chi connectivity index (χ0) is 24.9. The van der Waals surface area contributed by atoms with E-state index in [4.69, 9.17) is 4.74 Å². The summed E-state index contributed by atoms with van der Waals surface area (Å²) in [5.41, 5.74) is 2.09. The number of carbonyl (C=O) groups is 5. The number of imide groups is 1. The zero-order valence-electron chi connectivity index (χ0n) is 18.9. The van der Waals surface area contributed by atoms with Crippen molar-refractivity contribution < 1.29 is 28.7 Å². The average Bonchev–Trinajstić information content (AvgIpc) is 3.12. The fourth-order valence-corrected chi connectivity index (χ4v) is 3.83. The van der Waals surface area contributed by atoms with Crippen LogP contribution in [0.1, 0.15) is 43.6 Å². The molecular formula is C27H22N2O6. The molecule has 3 aromatic carbocycles. The molecule has 0 saturated heterocycles.